The summed E-state index contributed by atoms with van der Waals surface area (Å²) in [5, 5.41) is 1.21. The number of benzene rings is 2. The molecule has 0 aliphatic carbocycles. The number of morpholine rings is 1. The fourth-order valence-corrected chi connectivity index (χ4v) is 5.35. The van der Waals surface area contributed by atoms with Crippen LogP contribution >= 0.6 is 11.8 Å². The van der Waals surface area contributed by atoms with Crippen LogP contribution in [0.5, 0.6) is 0 Å². The molecule has 1 amide bonds. The second-order valence-electron chi connectivity index (χ2n) is 8.41. The molecule has 2 atom stereocenters. The van der Waals surface area contributed by atoms with Crippen molar-refractivity contribution in [2.45, 2.75) is 57.1 Å². The number of nitrogens with zero attached hydrogens (tertiary/aromatic N) is 2. The molecule has 2 heterocycles. The number of rotatable bonds is 5. The van der Waals surface area contributed by atoms with E-state index in [0.717, 1.165) is 11.3 Å². The van der Waals surface area contributed by atoms with Gasteiger partial charge in [0.05, 0.1) is 12.2 Å². The van der Waals surface area contributed by atoms with Gasteiger partial charge in [0.25, 0.3) is 0 Å². The Morgan fingerprint density at radius 3 is 2.60 bits per heavy atom. The summed E-state index contributed by atoms with van der Waals surface area (Å²) < 4.78 is 7.88. The van der Waals surface area contributed by atoms with Crippen LogP contribution < -0.4 is 0 Å². The SMILES string of the molecule is Cc1ccc(C)c(CSc2cn(CC(=O)N3C[C@@H](C)O[C@@H](C)C3)c3ccccc23)c1. The van der Waals surface area contributed by atoms with E-state index in [4.69, 9.17) is 4.74 Å². The van der Waals surface area contributed by atoms with E-state index in [1.807, 2.05) is 36.6 Å². The minimum absolute atomic E-state index is 0.0859. The second-order valence-corrected chi connectivity index (χ2v) is 9.43. The molecular weight excluding hydrogens is 392 g/mol. The van der Waals surface area contributed by atoms with Crippen molar-refractivity contribution in [3.8, 4) is 0 Å². The molecule has 158 valence electrons. The van der Waals surface area contributed by atoms with Crippen LogP contribution in [0.1, 0.15) is 30.5 Å². The molecule has 0 spiro atoms. The first-order valence-corrected chi connectivity index (χ1v) is 11.6. The summed E-state index contributed by atoms with van der Waals surface area (Å²) in [6.45, 7) is 10.1. The summed E-state index contributed by atoms with van der Waals surface area (Å²) in [6.07, 6.45) is 2.32. The maximum atomic E-state index is 13.0. The third-order valence-corrected chi connectivity index (χ3v) is 6.81. The van der Waals surface area contributed by atoms with Gasteiger partial charge in [-0.1, -0.05) is 42.0 Å². The lowest BCUT2D eigenvalue weighted by molar-refractivity contribution is -0.143. The summed E-state index contributed by atoms with van der Waals surface area (Å²) in [7, 11) is 0. The molecule has 0 bridgehead atoms. The quantitative estimate of drug-likeness (QED) is 0.531. The molecule has 30 heavy (non-hydrogen) atoms. The smallest absolute Gasteiger partial charge is 0.242 e. The molecule has 1 aliphatic heterocycles. The lowest BCUT2D eigenvalue weighted by Gasteiger charge is -2.35. The van der Waals surface area contributed by atoms with E-state index in [2.05, 4.69) is 61.0 Å². The Morgan fingerprint density at radius 2 is 1.83 bits per heavy atom. The largest absolute Gasteiger partial charge is 0.372 e. The fraction of sp³-hybridized carbons (Fsp3) is 0.400. The second kappa shape index (κ2) is 8.86. The first-order chi connectivity index (χ1) is 14.4. The molecule has 4 nitrogen and oxygen atoms in total. The van der Waals surface area contributed by atoms with Crippen molar-refractivity contribution in [3.63, 3.8) is 0 Å². The van der Waals surface area contributed by atoms with Crippen LogP contribution in [0.2, 0.25) is 0 Å². The Bertz CT molecular complexity index is 1050. The monoisotopic (exact) mass is 422 g/mol. The predicted molar refractivity (Wildman–Crippen MR) is 124 cm³/mol. The zero-order valence-corrected chi connectivity index (χ0v) is 19.0. The Morgan fingerprint density at radius 1 is 1.10 bits per heavy atom. The minimum atomic E-state index is 0.0859. The highest BCUT2D eigenvalue weighted by Crippen LogP contribution is 2.33. The van der Waals surface area contributed by atoms with Gasteiger partial charge >= 0.3 is 0 Å². The van der Waals surface area contributed by atoms with Crippen molar-refractivity contribution in [1.82, 2.24) is 9.47 Å². The molecular formula is C25H30N2O2S. The molecule has 0 saturated carbocycles. The van der Waals surface area contributed by atoms with Crippen molar-refractivity contribution >= 4 is 28.6 Å². The highest BCUT2D eigenvalue weighted by molar-refractivity contribution is 7.98. The number of fused-ring (bicyclic) bond motifs is 1. The van der Waals surface area contributed by atoms with Gasteiger partial charge in [0.15, 0.2) is 0 Å². The number of hydrogen-bond donors (Lipinski definition) is 0. The zero-order valence-electron chi connectivity index (χ0n) is 18.2. The van der Waals surface area contributed by atoms with Gasteiger partial charge < -0.3 is 14.2 Å². The van der Waals surface area contributed by atoms with Gasteiger partial charge in [-0.2, -0.15) is 0 Å². The molecule has 1 saturated heterocycles. The average molecular weight is 423 g/mol. The van der Waals surface area contributed by atoms with Crippen molar-refractivity contribution in [3.05, 3.63) is 65.4 Å². The van der Waals surface area contributed by atoms with Crippen molar-refractivity contribution < 1.29 is 9.53 Å². The summed E-state index contributed by atoms with van der Waals surface area (Å²) in [4.78, 5) is 16.2. The number of amides is 1. The van der Waals surface area contributed by atoms with E-state index in [1.165, 1.54) is 27.0 Å². The molecule has 0 radical (unpaired) electrons. The standard InChI is InChI=1S/C25H30N2O2S/c1-17-9-10-18(2)21(11-17)16-30-24-14-26(23-8-6-5-7-22(23)24)15-25(28)27-12-19(3)29-20(4)13-27/h5-11,14,19-20H,12-13,15-16H2,1-4H3/t19-,20+. The number of aromatic nitrogens is 1. The molecule has 1 aliphatic rings. The van der Waals surface area contributed by atoms with E-state index < -0.39 is 0 Å². The molecule has 1 fully saturated rings. The first-order valence-electron chi connectivity index (χ1n) is 10.6. The van der Waals surface area contributed by atoms with Crippen LogP contribution in [0, 0.1) is 13.8 Å². The van der Waals surface area contributed by atoms with Crippen LogP contribution in [-0.2, 0) is 21.8 Å². The number of para-hydroxylation sites is 1. The van der Waals surface area contributed by atoms with Crippen molar-refractivity contribution in [1.29, 1.82) is 0 Å². The Hall–Kier alpha value is -2.24. The summed E-state index contributed by atoms with van der Waals surface area (Å²) in [6, 6.07) is 15.0. The van der Waals surface area contributed by atoms with Crippen LogP contribution in [0.15, 0.2) is 53.6 Å². The van der Waals surface area contributed by atoms with Crippen LogP contribution in [-0.4, -0.2) is 40.7 Å². The van der Waals surface area contributed by atoms with Gasteiger partial charge in [-0.15, -0.1) is 11.8 Å². The van der Waals surface area contributed by atoms with E-state index in [9.17, 15) is 4.79 Å². The number of ether oxygens (including phenoxy) is 1. The third-order valence-electron chi connectivity index (χ3n) is 5.72. The lowest BCUT2D eigenvalue weighted by atomic mass is 10.1. The number of aryl methyl sites for hydroxylation is 2. The minimum Gasteiger partial charge on any atom is -0.372 e. The van der Waals surface area contributed by atoms with Gasteiger partial charge in [-0.25, -0.2) is 0 Å². The zero-order chi connectivity index (χ0) is 21.3. The predicted octanol–water partition coefficient (Wildman–Crippen LogP) is 5.19. The average Bonchev–Trinajstić information content (AvgIpc) is 3.05. The van der Waals surface area contributed by atoms with Gasteiger partial charge in [-0.3, -0.25) is 4.79 Å². The summed E-state index contributed by atoms with van der Waals surface area (Å²) >= 11 is 1.84. The Balaban J connectivity index is 1.55. The highest BCUT2D eigenvalue weighted by Gasteiger charge is 2.26. The molecule has 3 aromatic rings. The molecule has 0 N–H and O–H groups in total. The molecule has 0 unspecified atom stereocenters. The molecule has 2 aromatic carbocycles. The van der Waals surface area contributed by atoms with Gasteiger partial charge in [-0.05, 0) is 44.9 Å². The third kappa shape index (κ3) is 4.57. The van der Waals surface area contributed by atoms with E-state index in [1.54, 1.807) is 0 Å². The normalized spacial score (nSPS) is 19.4. The Labute approximate surface area is 183 Å². The topological polar surface area (TPSA) is 34.5 Å². The number of hydrogen-bond acceptors (Lipinski definition) is 3. The van der Waals surface area contributed by atoms with Crippen LogP contribution in [0.4, 0.5) is 0 Å². The highest BCUT2D eigenvalue weighted by atomic mass is 32.2. The van der Waals surface area contributed by atoms with E-state index in [0.29, 0.717) is 19.6 Å². The molecule has 4 rings (SSSR count). The fourth-order valence-electron chi connectivity index (χ4n) is 4.20. The number of thioether (sulfide) groups is 1. The first kappa shape index (κ1) is 21.0. The van der Waals surface area contributed by atoms with Crippen molar-refractivity contribution in [2.75, 3.05) is 13.1 Å². The molecule has 1 aromatic heterocycles. The van der Waals surface area contributed by atoms with E-state index in [-0.39, 0.29) is 18.1 Å². The number of carbonyl (C=O) groups is 1. The van der Waals surface area contributed by atoms with Gasteiger partial charge in [0.1, 0.15) is 6.54 Å². The lowest BCUT2D eigenvalue weighted by Crippen LogP contribution is -2.49. The van der Waals surface area contributed by atoms with Gasteiger partial charge in [0, 0.05) is 40.8 Å². The summed E-state index contributed by atoms with van der Waals surface area (Å²) in [5.74, 6) is 1.08. The summed E-state index contributed by atoms with van der Waals surface area (Å²) in [5.41, 5.74) is 5.09. The molecule has 5 heteroatoms. The van der Waals surface area contributed by atoms with Crippen LogP contribution in [0.3, 0.4) is 0 Å². The van der Waals surface area contributed by atoms with Crippen molar-refractivity contribution in [2.24, 2.45) is 0 Å². The van der Waals surface area contributed by atoms with Crippen LogP contribution in [0.25, 0.3) is 10.9 Å². The Kier molecular flexibility index (Phi) is 6.21. The maximum absolute atomic E-state index is 13.0. The van der Waals surface area contributed by atoms with Gasteiger partial charge in [0.2, 0.25) is 5.91 Å². The maximum Gasteiger partial charge on any atom is 0.242 e. The van der Waals surface area contributed by atoms with E-state index >= 15 is 0 Å². The number of carbonyl (C=O) groups excluding carboxylic acids is 1.